The molecule has 1 aliphatic rings. The van der Waals surface area contributed by atoms with Crippen molar-refractivity contribution in [1.82, 2.24) is 5.32 Å². The van der Waals surface area contributed by atoms with Crippen LogP contribution in [-0.2, 0) is 16.6 Å². The molecule has 2 rings (SSSR count). The van der Waals surface area contributed by atoms with Gasteiger partial charge < -0.3 is 9.73 Å². The lowest BCUT2D eigenvalue weighted by molar-refractivity contribution is 0.397. The molecule has 0 aromatic carbocycles. The Morgan fingerprint density at radius 1 is 1.56 bits per heavy atom. The van der Waals surface area contributed by atoms with Crippen molar-refractivity contribution in [3.8, 4) is 0 Å². The predicted octanol–water partition coefficient (Wildman–Crippen LogP) is 1.30. The summed E-state index contributed by atoms with van der Waals surface area (Å²) in [4.78, 5) is 0. The SMILES string of the molecule is CC1(CNCc2ccc(S(N)(=O)=O)o2)CCCS1. The Balaban J connectivity index is 1.85. The van der Waals surface area contributed by atoms with E-state index in [-0.39, 0.29) is 9.84 Å². The first kappa shape index (κ1) is 13.9. The van der Waals surface area contributed by atoms with Gasteiger partial charge in [0.2, 0.25) is 5.09 Å². The molecule has 7 heteroatoms. The Kier molecular flexibility index (Phi) is 4.05. The van der Waals surface area contributed by atoms with E-state index in [1.54, 1.807) is 6.07 Å². The molecule has 1 saturated heterocycles. The van der Waals surface area contributed by atoms with E-state index in [1.807, 2.05) is 11.8 Å². The number of thioether (sulfide) groups is 1. The first-order valence-electron chi connectivity index (χ1n) is 5.85. The summed E-state index contributed by atoms with van der Waals surface area (Å²) in [7, 11) is -3.73. The number of hydrogen-bond acceptors (Lipinski definition) is 5. The van der Waals surface area contributed by atoms with Crippen molar-refractivity contribution in [2.24, 2.45) is 5.14 Å². The van der Waals surface area contributed by atoms with Crippen LogP contribution in [-0.4, -0.2) is 25.5 Å². The van der Waals surface area contributed by atoms with Gasteiger partial charge in [0, 0.05) is 11.3 Å². The minimum atomic E-state index is -3.73. The number of sulfonamides is 1. The Bertz CT molecular complexity index is 504. The normalized spacial score (nSPS) is 24.6. The zero-order valence-electron chi connectivity index (χ0n) is 10.3. The van der Waals surface area contributed by atoms with Crippen LogP contribution in [0.1, 0.15) is 25.5 Å². The quantitative estimate of drug-likeness (QED) is 0.854. The largest absolute Gasteiger partial charge is 0.447 e. The van der Waals surface area contributed by atoms with Crippen LogP contribution in [0.25, 0.3) is 0 Å². The zero-order chi connectivity index (χ0) is 13.2. The Morgan fingerprint density at radius 2 is 2.33 bits per heavy atom. The first-order valence-corrected chi connectivity index (χ1v) is 8.38. The van der Waals surface area contributed by atoms with Crippen LogP contribution in [0.4, 0.5) is 0 Å². The summed E-state index contributed by atoms with van der Waals surface area (Å²) in [5, 5.41) is 8.09. The summed E-state index contributed by atoms with van der Waals surface area (Å²) in [5.41, 5.74) is 0. The van der Waals surface area contributed by atoms with Gasteiger partial charge in [-0.1, -0.05) is 0 Å². The Morgan fingerprint density at radius 3 is 2.89 bits per heavy atom. The molecule has 5 nitrogen and oxygen atoms in total. The molecule has 18 heavy (non-hydrogen) atoms. The van der Waals surface area contributed by atoms with Gasteiger partial charge in [-0.3, -0.25) is 0 Å². The van der Waals surface area contributed by atoms with E-state index in [4.69, 9.17) is 9.56 Å². The molecule has 0 radical (unpaired) electrons. The third kappa shape index (κ3) is 3.50. The number of furan rings is 1. The van der Waals surface area contributed by atoms with E-state index >= 15 is 0 Å². The lowest BCUT2D eigenvalue weighted by atomic mass is 10.1. The standard InChI is InChI=1S/C11H18N2O3S2/c1-11(5-2-6-17-11)8-13-7-9-3-4-10(16-9)18(12,14)15/h3-4,13H,2,5-8H2,1H3,(H2,12,14,15). The van der Waals surface area contributed by atoms with Gasteiger partial charge in [0.15, 0.2) is 0 Å². The fraction of sp³-hybridized carbons (Fsp3) is 0.636. The summed E-state index contributed by atoms with van der Waals surface area (Å²) in [5.74, 6) is 1.81. The Hall–Kier alpha value is -0.500. The second kappa shape index (κ2) is 5.24. The molecule has 3 N–H and O–H groups in total. The van der Waals surface area contributed by atoms with Gasteiger partial charge in [0.1, 0.15) is 5.76 Å². The van der Waals surface area contributed by atoms with Gasteiger partial charge >= 0.3 is 0 Å². The van der Waals surface area contributed by atoms with E-state index in [0.717, 1.165) is 6.54 Å². The van der Waals surface area contributed by atoms with Crippen molar-refractivity contribution in [2.45, 2.75) is 36.1 Å². The fourth-order valence-electron chi connectivity index (χ4n) is 2.03. The molecule has 1 aliphatic heterocycles. The third-order valence-corrected chi connectivity index (χ3v) is 5.33. The van der Waals surface area contributed by atoms with Crippen molar-refractivity contribution in [2.75, 3.05) is 12.3 Å². The molecule has 1 aromatic heterocycles. The van der Waals surface area contributed by atoms with Crippen LogP contribution < -0.4 is 10.5 Å². The highest BCUT2D eigenvalue weighted by molar-refractivity contribution is 8.00. The smallest absolute Gasteiger partial charge is 0.271 e. The highest BCUT2D eigenvalue weighted by Crippen LogP contribution is 2.36. The topological polar surface area (TPSA) is 85.3 Å². The number of hydrogen-bond donors (Lipinski definition) is 2. The number of rotatable bonds is 5. The van der Waals surface area contributed by atoms with Gasteiger partial charge in [-0.05, 0) is 37.7 Å². The molecule has 1 aromatic rings. The molecule has 1 unspecified atom stereocenters. The number of nitrogens with two attached hydrogens (primary N) is 1. The second-order valence-electron chi connectivity index (χ2n) is 4.77. The molecule has 0 bridgehead atoms. The third-order valence-electron chi connectivity index (χ3n) is 3.02. The lowest BCUT2D eigenvalue weighted by Crippen LogP contribution is -2.32. The molecule has 2 heterocycles. The molecule has 0 spiro atoms. The molecule has 0 aliphatic carbocycles. The van der Waals surface area contributed by atoms with E-state index in [2.05, 4.69) is 12.2 Å². The van der Waals surface area contributed by atoms with Gasteiger partial charge in [-0.15, -0.1) is 0 Å². The molecule has 0 amide bonds. The van der Waals surface area contributed by atoms with Gasteiger partial charge in [0.05, 0.1) is 6.54 Å². The molecule has 0 saturated carbocycles. The second-order valence-corrected chi connectivity index (χ2v) is 7.95. The van der Waals surface area contributed by atoms with Crippen molar-refractivity contribution in [1.29, 1.82) is 0 Å². The average Bonchev–Trinajstić information content (AvgIpc) is 2.87. The van der Waals surface area contributed by atoms with Gasteiger partial charge in [-0.25, -0.2) is 13.6 Å². The number of nitrogens with one attached hydrogen (secondary N) is 1. The maximum atomic E-state index is 11.0. The molecule has 1 fully saturated rings. The average molecular weight is 290 g/mol. The maximum Gasteiger partial charge on any atom is 0.271 e. The van der Waals surface area contributed by atoms with Crippen molar-refractivity contribution < 1.29 is 12.8 Å². The predicted molar refractivity (Wildman–Crippen MR) is 71.9 cm³/mol. The summed E-state index contributed by atoms with van der Waals surface area (Å²) in [6.07, 6.45) is 2.48. The fourth-order valence-corrected chi connectivity index (χ4v) is 3.79. The van der Waals surface area contributed by atoms with Crippen molar-refractivity contribution in [3.63, 3.8) is 0 Å². The zero-order valence-corrected chi connectivity index (χ0v) is 11.9. The van der Waals surface area contributed by atoms with Gasteiger partial charge in [-0.2, -0.15) is 11.8 Å². The number of primary sulfonamides is 1. The monoisotopic (exact) mass is 290 g/mol. The maximum absolute atomic E-state index is 11.0. The minimum absolute atomic E-state index is 0.180. The van der Waals surface area contributed by atoms with Crippen molar-refractivity contribution >= 4 is 21.8 Å². The van der Waals surface area contributed by atoms with Crippen LogP contribution >= 0.6 is 11.8 Å². The van der Waals surface area contributed by atoms with E-state index in [0.29, 0.717) is 12.3 Å². The van der Waals surface area contributed by atoms with Crippen LogP contribution in [0.3, 0.4) is 0 Å². The van der Waals surface area contributed by atoms with Crippen LogP contribution in [0.5, 0.6) is 0 Å². The van der Waals surface area contributed by atoms with E-state index in [1.165, 1.54) is 24.7 Å². The summed E-state index contributed by atoms with van der Waals surface area (Å²) < 4.78 is 27.5. The van der Waals surface area contributed by atoms with Crippen LogP contribution in [0.15, 0.2) is 21.6 Å². The van der Waals surface area contributed by atoms with Crippen LogP contribution in [0, 0.1) is 0 Å². The van der Waals surface area contributed by atoms with Crippen molar-refractivity contribution in [3.05, 3.63) is 17.9 Å². The van der Waals surface area contributed by atoms with E-state index in [9.17, 15) is 8.42 Å². The molecular weight excluding hydrogens is 272 g/mol. The van der Waals surface area contributed by atoms with Crippen LogP contribution in [0.2, 0.25) is 0 Å². The lowest BCUT2D eigenvalue weighted by Gasteiger charge is -2.22. The highest BCUT2D eigenvalue weighted by atomic mass is 32.2. The molecule has 1 atom stereocenters. The molecular formula is C11H18N2O3S2. The minimum Gasteiger partial charge on any atom is -0.447 e. The summed E-state index contributed by atoms with van der Waals surface area (Å²) >= 11 is 1.98. The van der Waals surface area contributed by atoms with Gasteiger partial charge in [0.25, 0.3) is 10.0 Å². The Labute approximate surface area is 112 Å². The first-order chi connectivity index (χ1) is 8.39. The van der Waals surface area contributed by atoms with E-state index < -0.39 is 10.0 Å². The summed E-state index contributed by atoms with van der Waals surface area (Å²) in [6, 6.07) is 3.02. The highest BCUT2D eigenvalue weighted by Gasteiger charge is 2.28. The molecule has 102 valence electrons. The summed E-state index contributed by atoms with van der Waals surface area (Å²) in [6.45, 7) is 3.66.